The van der Waals surface area contributed by atoms with Crippen LogP contribution in [0.5, 0.6) is 0 Å². The molecule has 0 heterocycles. The molecule has 0 aromatic heterocycles. The van der Waals surface area contributed by atoms with Crippen LogP contribution in [0.4, 0.5) is 5.69 Å². The molecule has 0 spiro atoms. The molecular weight excluding hydrogens is 308 g/mol. The number of thiocarbonyl (C=S) groups is 1. The molecule has 18 heavy (non-hydrogen) atoms. The molecule has 2 aliphatic rings. The third-order valence-electron chi connectivity index (χ3n) is 4.33. The Morgan fingerprint density at radius 3 is 2.78 bits per heavy atom. The van der Waals surface area contributed by atoms with Crippen molar-refractivity contribution in [1.29, 1.82) is 0 Å². The van der Waals surface area contributed by atoms with Crippen molar-refractivity contribution < 1.29 is 0 Å². The van der Waals surface area contributed by atoms with Gasteiger partial charge < -0.3 is 11.1 Å². The smallest absolute Gasteiger partial charge is 0.106 e. The van der Waals surface area contributed by atoms with Crippen molar-refractivity contribution in [3.05, 3.63) is 28.2 Å². The lowest BCUT2D eigenvalue weighted by Crippen LogP contribution is -2.27. The van der Waals surface area contributed by atoms with Crippen molar-refractivity contribution >= 4 is 38.8 Å². The van der Waals surface area contributed by atoms with E-state index < -0.39 is 0 Å². The van der Waals surface area contributed by atoms with Gasteiger partial charge in [0.2, 0.25) is 0 Å². The number of nitrogens with two attached hydrogens (primary N) is 1. The first kappa shape index (κ1) is 12.4. The van der Waals surface area contributed by atoms with E-state index in [0.717, 1.165) is 27.6 Å². The molecule has 0 saturated heterocycles. The molecule has 3 atom stereocenters. The molecule has 3 rings (SSSR count). The molecule has 0 radical (unpaired) electrons. The molecule has 2 bridgehead atoms. The van der Waals surface area contributed by atoms with E-state index in [1.54, 1.807) is 0 Å². The lowest BCUT2D eigenvalue weighted by molar-refractivity contribution is 0.440. The molecule has 2 saturated carbocycles. The van der Waals surface area contributed by atoms with Crippen molar-refractivity contribution in [2.24, 2.45) is 17.6 Å². The maximum Gasteiger partial charge on any atom is 0.106 e. The number of anilines is 1. The lowest BCUT2D eigenvalue weighted by Gasteiger charge is -2.25. The second kappa shape index (κ2) is 4.82. The Kier molecular flexibility index (Phi) is 3.32. The molecule has 4 heteroatoms. The van der Waals surface area contributed by atoms with Crippen molar-refractivity contribution in [2.75, 3.05) is 5.32 Å². The highest BCUT2D eigenvalue weighted by molar-refractivity contribution is 9.10. The Labute approximate surface area is 121 Å². The number of fused-ring (bicyclic) bond motifs is 2. The second-order valence-electron chi connectivity index (χ2n) is 5.48. The Bertz CT molecular complexity index is 489. The molecule has 2 nitrogen and oxygen atoms in total. The van der Waals surface area contributed by atoms with Crippen molar-refractivity contribution in [2.45, 2.75) is 31.7 Å². The van der Waals surface area contributed by atoms with Crippen LogP contribution in [0.2, 0.25) is 0 Å². The van der Waals surface area contributed by atoms with Gasteiger partial charge in [0, 0.05) is 21.8 Å². The Balaban J connectivity index is 1.82. The van der Waals surface area contributed by atoms with E-state index in [1.165, 1.54) is 25.7 Å². The fourth-order valence-corrected chi connectivity index (χ4v) is 4.00. The van der Waals surface area contributed by atoms with Crippen LogP contribution in [-0.4, -0.2) is 11.0 Å². The largest absolute Gasteiger partial charge is 0.389 e. The fourth-order valence-electron chi connectivity index (χ4n) is 3.47. The van der Waals surface area contributed by atoms with Gasteiger partial charge in [-0.15, -0.1) is 0 Å². The summed E-state index contributed by atoms with van der Waals surface area (Å²) in [6.45, 7) is 0. The van der Waals surface area contributed by atoms with Gasteiger partial charge in [-0.2, -0.15) is 0 Å². The van der Waals surface area contributed by atoms with Gasteiger partial charge in [-0.1, -0.05) is 34.6 Å². The SMILES string of the molecule is NC(=S)c1cc(Br)ccc1NC1CC2CCC1C2. The van der Waals surface area contributed by atoms with Gasteiger partial charge in [0.05, 0.1) is 0 Å². The summed E-state index contributed by atoms with van der Waals surface area (Å²) in [5.41, 5.74) is 7.84. The maximum atomic E-state index is 5.80. The normalized spacial score (nSPS) is 29.5. The molecule has 96 valence electrons. The van der Waals surface area contributed by atoms with Gasteiger partial charge in [-0.3, -0.25) is 0 Å². The van der Waals surface area contributed by atoms with Crippen molar-refractivity contribution in [3.63, 3.8) is 0 Å². The number of halogens is 1. The molecule has 2 aliphatic carbocycles. The summed E-state index contributed by atoms with van der Waals surface area (Å²) in [6.07, 6.45) is 5.50. The second-order valence-corrected chi connectivity index (χ2v) is 6.84. The summed E-state index contributed by atoms with van der Waals surface area (Å²) in [4.78, 5) is 0.460. The highest BCUT2D eigenvalue weighted by Gasteiger charge is 2.39. The minimum absolute atomic E-state index is 0.460. The minimum Gasteiger partial charge on any atom is -0.389 e. The molecule has 0 aliphatic heterocycles. The quantitative estimate of drug-likeness (QED) is 0.833. The number of benzene rings is 1. The van der Waals surface area contributed by atoms with Crippen LogP contribution in [0, 0.1) is 11.8 Å². The van der Waals surface area contributed by atoms with E-state index in [-0.39, 0.29) is 0 Å². The topological polar surface area (TPSA) is 38.0 Å². The van der Waals surface area contributed by atoms with Crippen LogP contribution in [-0.2, 0) is 0 Å². The molecule has 0 amide bonds. The highest BCUT2D eigenvalue weighted by Crippen LogP contribution is 2.45. The summed E-state index contributed by atoms with van der Waals surface area (Å²) >= 11 is 8.60. The van der Waals surface area contributed by atoms with Crippen LogP contribution in [0.15, 0.2) is 22.7 Å². The predicted molar refractivity (Wildman–Crippen MR) is 82.9 cm³/mol. The molecule has 3 unspecified atom stereocenters. The Morgan fingerprint density at radius 2 is 2.17 bits per heavy atom. The van der Waals surface area contributed by atoms with Crippen LogP contribution >= 0.6 is 28.1 Å². The average molecular weight is 325 g/mol. The molecule has 3 N–H and O–H groups in total. The number of hydrogen-bond donors (Lipinski definition) is 2. The Morgan fingerprint density at radius 1 is 1.33 bits per heavy atom. The van der Waals surface area contributed by atoms with E-state index in [2.05, 4.69) is 27.3 Å². The first-order valence-electron chi connectivity index (χ1n) is 6.49. The zero-order valence-electron chi connectivity index (χ0n) is 10.2. The summed E-state index contributed by atoms with van der Waals surface area (Å²) in [7, 11) is 0. The average Bonchev–Trinajstić information content (AvgIpc) is 2.93. The first-order chi connectivity index (χ1) is 8.63. The summed E-state index contributed by atoms with van der Waals surface area (Å²) in [5, 5.41) is 3.66. The molecule has 2 fully saturated rings. The maximum absolute atomic E-state index is 5.80. The van der Waals surface area contributed by atoms with Crippen LogP contribution < -0.4 is 11.1 Å². The van der Waals surface area contributed by atoms with Gasteiger partial charge >= 0.3 is 0 Å². The number of rotatable bonds is 3. The minimum atomic E-state index is 0.460. The summed E-state index contributed by atoms with van der Waals surface area (Å²) < 4.78 is 1.02. The highest BCUT2D eigenvalue weighted by atomic mass is 79.9. The van der Waals surface area contributed by atoms with Crippen molar-refractivity contribution in [1.82, 2.24) is 0 Å². The van der Waals surface area contributed by atoms with Gasteiger partial charge in [-0.25, -0.2) is 0 Å². The molecule has 1 aromatic rings. The number of hydrogen-bond acceptors (Lipinski definition) is 2. The monoisotopic (exact) mass is 324 g/mol. The molecule has 1 aromatic carbocycles. The third kappa shape index (κ3) is 2.28. The van der Waals surface area contributed by atoms with E-state index in [9.17, 15) is 0 Å². The standard InChI is InChI=1S/C14H17BrN2S/c15-10-3-4-12(11(7-10)14(16)18)17-13-6-8-1-2-9(13)5-8/h3-4,7-9,13,17H,1-2,5-6H2,(H2,16,18). The lowest BCUT2D eigenvalue weighted by atomic mass is 9.95. The zero-order valence-corrected chi connectivity index (χ0v) is 12.6. The first-order valence-corrected chi connectivity index (χ1v) is 7.69. The van der Waals surface area contributed by atoms with Gasteiger partial charge in [-0.05, 0) is 49.3 Å². The van der Waals surface area contributed by atoms with Crippen LogP contribution in [0.3, 0.4) is 0 Å². The Hall–Kier alpha value is -0.610. The fraction of sp³-hybridized carbons (Fsp3) is 0.500. The van der Waals surface area contributed by atoms with E-state index in [4.69, 9.17) is 18.0 Å². The van der Waals surface area contributed by atoms with E-state index in [1.807, 2.05) is 12.1 Å². The predicted octanol–water partition coefficient (Wildman–Crippen LogP) is 3.68. The van der Waals surface area contributed by atoms with Crippen molar-refractivity contribution in [3.8, 4) is 0 Å². The van der Waals surface area contributed by atoms with Crippen LogP contribution in [0.1, 0.15) is 31.2 Å². The summed E-state index contributed by atoms with van der Waals surface area (Å²) in [6, 6.07) is 6.72. The van der Waals surface area contributed by atoms with E-state index >= 15 is 0 Å². The zero-order chi connectivity index (χ0) is 12.7. The molecular formula is C14H17BrN2S. The van der Waals surface area contributed by atoms with Crippen LogP contribution in [0.25, 0.3) is 0 Å². The third-order valence-corrected chi connectivity index (χ3v) is 5.04. The van der Waals surface area contributed by atoms with Gasteiger partial charge in [0.15, 0.2) is 0 Å². The van der Waals surface area contributed by atoms with Gasteiger partial charge in [0.25, 0.3) is 0 Å². The number of nitrogens with one attached hydrogen (secondary N) is 1. The van der Waals surface area contributed by atoms with Gasteiger partial charge in [0.1, 0.15) is 4.99 Å². The van der Waals surface area contributed by atoms with E-state index in [0.29, 0.717) is 11.0 Å². The summed E-state index contributed by atoms with van der Waals surface area (Å²) in [5.74, 6) is 1.79.